The van der Waals surface area contributed by atoms with E-state index < -0.39 is 10.1 Å². The van der Waals surface area contributed by atoms with Gasteiger partial charge in [0.1, 0.15) is 4.90 Å². The Morgan fingerprint density at radius 2 is 1.83 bits per heavy atom. The van der Waals surface area contributed by atoms with E-state index >= 15 is 0 Å². The Morgan fingerprint density at radius 1 is 1.09 bits per heavy atom. The second kappa shape index (κ2) is 7.25. The molecule has 0 heterocycles. The SMILES string of the molecule is C=CCc1ccc(OS(=O)(=O)c2ccc(Cl)c(Cl)c2)c(OC)c1. The molecule has 0 atom stereocenters. The van der Waals surface area contributed by atoms with E-state index in [0.29, 0.717) is 12.2 Å². The van der Waals surface area contributed by atoms with Gasteiger partial charge in [0.25, 0.3) is 0 Å². The number of hydrogen-bond acceptors (Lipinski definition) is 4. The van der Waals surface area contributed by atoms with Gasteiger partial charge in [0.05, 0.1) is 17.2 Å². The highest BCUT2D eigenvalue weighted by molar-refractivity contribution is 7.87. The summed E-state index contributed by atoms with van der Waals surface area (Å²) in [6.45, 7) is 3.66. The first-order valence-corrected chi connectivity index (χ1v) is 8.71. The molecule has 0 radical (unpaired) electrons. The van der Waals surface area contributed by atoms with Crippen LogP contribution in [0.5, 0.6) is 11.5 Å². The summed E-state index contributed by atoms with van der Waals surface area (Å²) in [4.78, 5) is -0.0934. The molecule has 0 aliphatic heterocycles. The lowest BCUT2D eigenvalue weighted by molar-refractivity contribution is 0.390. The van der Waals surface area contributed by atoms with E-state index in [1.807, 2.05) is 0 Å². The van der Waals surface area contributed by atoms with E-state index in [-0.39, 0.29) is 20.7 Å². The summed E-state index contributed by atoms with van der Waals surface area (Å²) >= 11 is 11.6. The van der Waals surface area contributed by atoms with Crippen LogP contribution in [-0.2, 0) is 16.5 Å². The van der Waals surface area contributed by atoms with E-state index in [9.17, 15) is 8.42 Å². The van der Waals surface area contributed by atoms with E-state index in [4.69, 9.17) is 32.1 Å². The Labute approximate surface area is 145 Å². The van der Waals surface area contributed by atoms with Crippen LogP contribution in [-0.4, -0.2) is 15.5 Å². The van der Waals surface area contributed by atoms with Crippen molar-refractivity contribution in [1.82, 2.24) is 0 Å². The molecule has 0 N–H and O–H groups in total. The Hall–Kier alpha value is -1.69. The van der Waals surface area contributed by atoms with E-state index in [1.165, 1.54) is 31.4 Å². The standard InChI is InChI=1S/C16H14Cl2O4S/c1-3-4-11-5-8-15(16(9-11)21-2)22-23(19,20)12-6-7-13(17)14(18)10-12/h3,5-10H,1,4H2,2H3. The summed E-state index contributed by atoms with van der Waals surface area (Å²) in [5.41, 5.74) is 0.927. The minimum atomic E-state index is -4.05. The molecule has 0 amide bonds. The minimum Gasteiger partial charge on any atom is -0.493 e. The van der Waals surface area contributed by atoms with E-state index in [1.54, 1.807) is 18.2 Å². The Bertz CT molecular complexity index is 832. The molecule has 0 saturated carbocycles. The molecular weight excluding hydrogens is 359 g/mol. The molecule has 7 heteroatoms. The molecule has 0 aliphatic carbocycles. The maximum absolute atomic E-state index is 12.3. The molecule has 0 bridgehead atoms. The van der Waals surface area contributed by atoms with Gasteiger partial charge in [-0.05, 0) is 42.3 Å². The predicted octanol–water partition coefficient (Wildman–Crippen LogP) is 4.50. The second-order valence-corrected chi connectivity index (χ2v) is 6.95. The molecule has 0 unspecified atom stereocenters. The number of rotatable bonds is 6. The van der Waals surface area contributed by atoms with Crippen molar-refractivity contribution in [2.45, 2.75) is 11.3 Å². The predicted molar refractivity (Wildman–Crippen MR) is 91.2 cm³/mol. The lowest BCUT2D eigenvalue weighted by Crippen LogP contribution is -2.10. The van der Waals surface area contributed by atoms with Crippen molar-refractivity contribution in [2.75, 3.05) is 7.11 Å². The maximum Gasteiger partial charge on any atom is 0.339 e. The number of ether oxygens (including phenoxy) is 1. The average molecular weight is 373 g/mol. The van der Waals surface area contributed by atoms with Gasteiger partial charge in [-0.15, -0.1) is 6.58 Å². The fraction of sp³-hybridized carbons (Fsp3) is 0.125. The summed E-state index contributed by atoms with van der Waals surface area (Å²) in [7, 11) is -2.62. The van der Waals surface area contributed by atoms with Crippen LogP contribution >= 0.6 is 23.2 Å². The topological polar surface area (TPSA) is 52.6 Å². The third-order valence-electron chi connectivity index (χ3n) is 2.99. The van der Waals surface area contributed by atoms with Gasteiger partial charge in [-0.1, -0.05) is 35.3 Å². The third-order valence-corrected chi connectivity index (χ3v) is 4.96. The highest BCUT2D eigenvalue weighted by Crippen LogP contribution is 2.32. The zero-order valence-corrected chi connectivity index (χ0v) is 14.6. The largest absolute Gasteiger partial charge is 0.493 e. The van der Waals surface area contributed by atoms with Crippen LogP contribution in [0, 0.1) is 0 Å². The number of halogens is 2. The lowest BCUT2D eigenvalue weighted by Gasteiger charge is -2.12. The summed E-state index contributed by atoms with van der Waals surface area (Å²) < 4.78 is 35.0. The molecular formula is C16H14Cl2O4S. The molecule has 2 rings (SSSR count). The minimum absolute atomic E-state index is 0.0892. The molecule has 122 valence electrons. The Balaban J connectivity index is 2.36. The lowest BCUT2D eigenvalue weighted by atomic mass is 10.1. The molecule has 2 aromatic rings. The second-order valence-electron chi connectivity index (χ2n) is 4.59. The first-order chi connectivity index (χ1) is 10.9. The van der Waals surface area contributed by atoms with E-state index in [2.05, 4.69) is 6.58 Å². The first kappa shape index (κ1) is 17.7. The summed E-state index contributed by atoms with van der Waals surface area (Å²) in [5, 5.41) is 0.390. The van der Waals surface area contributed by atoms with Crippen LogP contribution in [0.2, 0.25) is 10.0 Å². The summed E-state index contributed by atoms with van der Waals surface area (Å²) in [6.07, 6.45) is 2.37. The number of allylic oxidation sites excluding steroid dienone is 1. The fourth-order valence-electron chi connectivity index (χ4n) is 1.87. The number of methoxy groups -OCH3 is 1. The van der Waals surface area contributed by atoms with Crippen molar-refractivity contribution in [1.29, 1.82) is 0 Å². The van der Waals surface area contributed by atoms with Crippen molar-refractivity contribution in [2.24, 2.45) is 0 Å². The number of benzene rings is 2. The van der Waals surface area contributed by atoms with Crippen LogP contribution < -0.4 is 8.92 Å². The maximum atomic E-state index is 12.3. The Morgan fingerprint density at radius 3 is 2.43 bits per heavy atom. The van der Waals surface area contributed by atoms with Crippen molar-refractivity contribution < 1.29 is 17.3 Å². The van der Waals surface area contributed by atoms with Crippen LogP contribution in [0.4, 0.5) is 0 Å². The van der Waals surface area contributed by atoms with Gasteiger partial charge in [0.2, 0.25) is 0 Å². The Kier molecular flexibility index (Phi) is 5.57. The smallest absolute Gasteiger partial charge is 0.339 e. The third kappa shape index (κ3) is 4.19. The summed E-state index contributed by atoms with van der Waals surface area (Å²) in [6, 6.07) is 8.92. The van der Waals surface area contributed by atoms with Crippen LogP contribution in [0.1, 0.15) is 5.56 Å². The monoisotopic (exact) mass is 372 g/mol. The molecule has 0 saturated heterocycles. The van der Waals surface area contributed by atoms with Gasteiger partial charge >= 0.3 is 10.1 Å². The van der Waals surface area contributed by atoms with Crippen LogP contribution in [0.25, 0.3) is 0 Å². The van der Waals surface area contributed by atoms with Gasteiger partial charge in [-0.25, -0.2) is 0 Å². The van der Waals surface area contributed by atoms with Crippen molar-refractivity contribution >= 4 is 33.3 Å². The van der Waals surface area contributed by atoms with Gasteiger partial charge in [0, 0.05) is 0 Å². The van der Waals surface area contributed by atoms with Crippen LogP contribution in [0.15, 0.2) is 53.9 Å². The quantitative estimate of drug-likeness (QED) is 0.553. The van der Waals surface area contributed by atoms with Gasteiger partial charge in [-0.2, -0.15) is 8.42 Å². The highest BCUT2D eigenvalue weighted by atomic mass is 35.5. The van der Waals surface area contributed by atoms with Gasteiger partial charge in [0.15, 0.2) is 11.5 Å². The van der Waals surface area contributed by atoms with Gasteiger partial charge in [-0.3, -0.25) is 0 Å². The zero-order chi connectivity index (χ0) is 17.0. The summed E-state index contributed by atoms with van der Waals surface area (Å²) in [5.74, 6) is 0.402. The molecule has 0 aliphatic rings. The zero-order valence-electron chi connectivity index (χ0n) is 12.3. The first-order valence-electron chi connectivity index (χ1n) is 6.54. The van der Waals surface area contributed by atoms with Gasteiger partial charge < -0.3 is 8.92 Å². The molecule has 2 aromatic carbocycles. The van der Waals surface area contributed by atoms with Crippen LogP contribution in [0.3, 0.4) is 0 Å². The molecule has 0 fully saturated rings. The van der Waals surface area contributed by atoms with E-state index in [0.717, 1.165) is 5.56 Å². The van der Waals surface area contributed by atoms with Crippen molar-refractivity contribution in [3.05, 3.63) is 64.7 Å². The van der Waals surface area contributed by atoms with Crippen molar-refractivity contribution in [3.63, 3.8) is 0 Å². The normalized spacial score (nSPS) is 11.1. The van der Waals surface area contributed by atoms with Crippen molar-refractivity contribution in [3.8, 4) is 11.5 Å². The highest BCUT2D eigenvalue weighted by Gasteiger charge is 2.20. The molecule has 0 aromatic heterocycles. The molecule has 0 spiro atoms. The average Bonchev–Trinajstić information content (AvgIpc) is 2.51. The molecule has 4 nitrogen and oxygen atoms in total. The number of hydrogen-bond donors (Lipinski definition) is 0. The fourth-order valence-corrected chi connectivity index (χ4v) is 3.20. The molecule has 23 heavy (non-hydrogen) atoms.